The lowest BCUT2D eigenvalue weighted by Crippen LogP contribution is -2.38. The molecule has 0 radical (unpaired) electrons. The van der Waals surface area contributed by atoms with Gasteiger partial charge in [-0.2, -0.15) is 0 Å². The van der Waals surface area contributed by atoms with Gasteiger partial charge in [0, 0.05) is 27.7 Å². The van der Waals surface area contributed by atoms with E-state index in [9.17, 15) is 0 Å². The molecule has 0 saturated heterocycles. The first-order chi connectivity index (χ1) is 9.78. The van der Waals surface area contributed by atoms with E-state index in [0.29, 0.717) is 0 Å². The van der Waals surface area contributed by atoms with Crippen LogP contribution in [0.5, 0.6) is 0 Å². The second kappa shape index (κ2) is 10.2. The maximum Gasteiger partial charge on any atom is 0.191 e. The van der Waals surface area contributed by atoms with E-state index in [4.69, 9.17) is 0 Å². The van der Waals surface area contributed by atoms with Gasteiger partial charge >= 0.3 is 0 Å². The standard InChI is InChI=1S/C15H21N3S2.HI/c1-3-16-15(17-9-8-13-5-4-10-19-13)18-11-14-7-6-12(2)20-14;/h4-7,10H,3,8-9,11H2,1-2H3,(H2,16,17,18);1H. The van der Waals surface area contributed by atoms with Gasteiger partial charge in [0.1, 0.15) is 0 Å². The normalized spacial score (nSPS) is 11.0. The number of aliphatic imine (C=N–C) groups is 1. The van der Waals surface area contributed by atoms with E-state index in [1.807, 2.05) is 11.3 Å². The molecule has 2 aromatic heterocycles. The van der Waals surface area contributed by atoms with Gasteiger partial charge in [0.05, 0.1) is 6.54 Å². The van der Waals surface area contributed by atoms with Crippen molar-refractivity contribution in [1.82, 2.24) is 10.6 Å². The zero-order valence-corrected chi connectivity index (χ0v) is 16.4. The summed E-state index contributed by atoms with van der Waals surface area (Å²) in [6, 6.07) is 8.56. The van der Waals surface area contributed by atoms with Crippen LogP contribution >= 0.6 is 46.7 Å². The van der Waals surface area contributed by atoms with E-state index in [2.05, 4.69) is 59.1 Å². The molecule has 3 nitrogen and oxygen atoms in total. The summed E-state index contributed by atoms with van der Waals surface area (Å²) in [7, 11) is 0. The van der Waals surface area contributed by atoms with E-state index in [0.717, 1.165) is 32.0 Å². The van der Waals surface area contributed by atoms with Crippen molar-refractivity contribution in [2.75, 3.05) is 13.1 Å². The minimum absolute atomic E-state index is 0. The van der Waals surface area contributed by atoms with Crippen LogP contribution in [0.2, 0.25) is 0 Å². The average molecular weight is 435 g/mol. The molecule has 0 unspecified atom stereocenters. The predicted octanol–water partition coefficient (Wildman–Crippen LogP) is 4.03. The Bertz CT molecular complexity index is 535. The fourth-order valence-electron chi connectivity index (χ4n) is 1.83. The summed E-state index contributed by atoms with van der Waals surface area (Å²) < 4.78 is 0. The smallest absolute Gasteiger partial charge is 0.191 e. The number of guanidine groups is 1. The highest BCUT2D eigenvalue weighted by atomic mass is 127. The lowest BCUT2D eigenvalue weighted by molar-refractivity contribution is 0.806. The Morgan fingerprint density at radius 1 is 1.19 bits per heavy atom. The number of hydrogen-bond acceptors (Lipinski definition) is 3. The van der Waals surface area contributed by atoms with Crippen LogP contribution in [-0.2, 0) is 13.0 Å². The van der Waals surface area contributed by atoms with E-state index in [1.165, 1.54) is 14.6 Å². The van der Waals surface area contributed by atoms with Crippen molar-refractivity contribution in [3.63, 3.8) is 0 Å². The average Bonchev–Trinajstić information content (AvgIpc) is 3.07. The van der Waals surface area contributed by atoms with Gasteiger partial charge in [0.2, 0.25) is 0 Å². The van der Waals surface area contributed by atoms with Crippen molar-refractivity contribution in [1.29, 1.82) is 0 Å². The second-order valence-electron chi connectivity index (χ2n) is 4.46. The van der Waals surface area contributed by atoms with Crippen LogP contribution in [-0.4, -0.2) is 19.0 Å². The zero-order chi connectivity index (χ0) is 14.2. The number of aryl methyl sites for hydroxylation is 1. The largest absolute Gasteiger partial charge is 0.357 e. The highest BCUT2D eigenvalue weighted by molar-refractivity contribution is 14.0. The molecule has 0 aromatic carbocycles. The lowest BCUT2D eigenvalue weighted by Gasteiger charge is -2.10. The Morgan fingerprint density at radius 3 is 2.67 bits per heavy atom. The van der Waals surface area contributed by atoms with E-state index < -0.39 is 0 Å². The highest BCUT2D eigenvalue weighted by Gasteiger charge is 2.00. The van der Waals surface area contributed by atoms with Gasteiger partial charge in [-0.15, -0.1) is 46.7 Å². The van der Waals surface area contributed by atoms with Crippen LogP contribution in [0.25, 0.3) is 0 Å². The molecule has 0 aliphatic carbocycles. The first-order valence-electron chi connectivity index (χ1n) is 6.88. The molecule has 0 atom stereocenters. The third kappa shape index (κ3) is 6.80. The SMILES string of the molecule is CCNC(=NCc1ccc(C)s1)NCCc1cccs1.I. The molecule has 0 amide bonds. The molecule has 0 spiro atoms. The second-order valence-corrected chi connectivity index (χ2v) is 6.87. The van der Waals surface area contributed by atoms with Gasteiger partial charge in [-0.25, -0.2) is 4.99 Å². The van der Waals surface area contributed by atoms with Crippen LogP contribution in [0.1, 0.15) is 21.6 Å². The fourth-order valence-corrected chi connectivity index (χ4v) is 3.35. The zero-order valence-electron chi connectivity index (χ0n) is 12.4. The van der Waals surface area contributed by atoms with Crippen LogP contribution in [0.4, 0.5) is 0 Å². The Kier molecular flexibility index (Phi) is 8.94. The van der Waals surface area contributed by atoms with Crippen molar-refractivity contribution in [2.45, 2.75) is 26.8 Å². The van der Waals surface area contributed by atoms with Crippen LogP contribution < -0.4 is 10.6 Å². The van der Waals surface area contributed by atoms with Crippen LogP contribution in [0, 0.1) is 6.92 Å². The first-order valence-corrected chi connectivity index (χ1v) is 8.57. The summed E-state index contributed by atoms with van der Waals surface area (Å²) in [5, 5.41) is 8.79. The van der Waals surface area contributed by atoms with E-state index in [-0.39, 0.29) is 24.0 Å². The highest BCUT2D eigenvalue weighted by Crippen LogP contribution is 2.15. The monoisotopic (exact) mass is 435 g/mol. The minimum Gasteiger partial charge on any atom is -0.357 e. The molecule has 21 heavy (non-hydrogen) atoms. The molecule has 0 aliphatic heterocycles. The minimum atomic E-state index is 0. The molecule has 2 aromatic rings. The number of rotatable bonds is 6. The molecular formula is C15H22IN3S2. The van der Waals surface area contributed by atoms with Crippen molar-refractivity contribution in [3.05, 3.63) is 44.3 Å². The van der Waals surface area contributed by atoms with Crippen molar-refractivity contribution in [2.24, 2.45) is 4.99 Å². The van der Waals surface area contributed by atoms with Crippen LogP contribution in [0.15, 0.2) is 34.6 Å². The molecule has 2 N–H and O–H groups in total. The number of nitrogens with zero attached hydrogens (tertiary/aromatic N) is 1. The Hall–Kier alpha value is -0.600. The van der Waals surface area contributed by atoms with Gasteiger partial charge in [-0.3, -0.25) is 0 Å². The summed E-state index contributed by atoms with van der Waals surface area (Å²) in [6.07, 6.45) is 1.04. The molecule has 0 fully saturated rings. The number of thiophene rings is 2. The first kappa shape index (κ1) is 18.4. The lowest BCUT2D eigenvalue weighted by atomic mass is 10.3. The molecule has 6 heteroatoms. The van der Waals surface area contributed by atoms with Gasteiger partial charge in [-0.1, -0.05) is 6.07 Å². The summed E-state index contributed by atoms with van der Waals surface area (Å²) in [5.41, 5.74) is 0. The van der Waals surface area contributed by atoms with E-state index >= 15 is 0 Å². The molecular weight excluding hydrogens is 413 g/mol. The summed E-state index contributed by atoms with van der Waals surface area (Å²) in [6.45, 7) is 6.76. The van der Waals surface area contributed by atoms with Gasteiger partial charge < -0.3 is 10.6 Å². The van der Waals surface area contributed by atoms with Crippen molar-refractivity contribution >= 4 is 52.6 Å². The number of halogens is 1. The predicted molar refractivity (Wildman–Crippen MR) is 105 cm³/mol. The molecule has 0 bridgehead atoms. The summed E-state index contributed by atoms with van der Waals surface area (Å²) in [4.78, 5) is 8.67. The van der Waals surface area contributed by atoms with Gasteiger partial charge in [-0.05, 0) is 43.8 Å². The molecule has 116 valence electrons. The van der Waals surface area contributed by atoms with Gasteiger partial charge in [0.25, 0.3) is 0 Å². The molecule has 0 aliphatic rings. The van der Waals surface area contributed by atoms with Crippen molar-refractivity contribution < 1.29 is 0 Å². The third-order valence-electron chi connectivity index (χ3n) is 2.78. The number of nitrogens with one attached hydrogen (secondary N) is 2. The molecule has 2 rings (SSSR count). The maximum absolute atomic E-state index is 4.62. The molecule has 2 heterocycles. The topological polar surface area (TPSA) is 36.4 Å². The Labute approximate surface area is 151 Å². The summed E-state index contributed by atoms with van der Waals surface area (Å²) in [5.74, 6) is 0.898. The molecule has 0 saturated carbocycles. The third-order valence-corrected chi connectivity index (χ3v) is 4.70. The van der Waals surface area contributed by atoms with E-state index in [1.54, 1.807) is 11.3 Å². The van der Waals surface area contributed by atoms with Crippen molar-refractivity contribution in [3.8, 4) is 0 Å². The van der Waals surface area contributed by atoms with Gasteiger partial charge in [0.15, 0.2) is 5.96 Å². The quantitative estimate of drug-likeness (QED) is 0.408. The van der Waals surface area contributed by atoms with Crippen LogP contribution in [0.3, 0.4) is 0 Å². The maximum atomic E-state index is 4.62. The fraction of sp³-hybridized carbons (Fsp3) is 0.400. The summed E-state index contributed by atoms with van der Waals surface area (Å²) >= 11 is 3.61. The Balaban J connectivity index is 0.00000220. The Morgan fingerprint density at radius 2 is 2.05 bits per heavy atom. The number of hydrogen-bond donors (Lipinski definition) is 2.